The molecule has 0 bridgehead atoms. The first-order chi connectivity index (χ1) is 8.01. The first kappa shape index (κ1) is 13.6. The van der Waals surface area contributed by atoms with Gasteiger partial charge in [0.1, 0.15) is 5.75 Å². The van der Waals surface area contributed by atoms with Crippen LogP contribution >= 0.6 is 0 Å². The van der Waals surface area contributed by atoms with Gasteiger partial charge in [-0.05, 0) is 39.8 Å². The molecule has 3 nitrogen and oxygen atoms in total. The minimum absolute atomic E-state index is 0.404. The molecule has 0 atom stereocenters. The monoisotopic (exact) mass is 235 g/mol. The molecule has 94 valence electrons. The molecule has 0 N–H and O–H groups in total. The van der Waals surface area contributed by atoms with Crippen molar-refractivity contribution < 1.29 is 9.53 Å². The predicted molar refractivity (Wildman–Crippen MR) is 71.1 cm³/mol. The average Bonchev–Trinajstić information content (AvgIpc) is 2.27. The maximum absolute atomic E-state index is 10.8. The Hall–Kier alpha value is -1.51. The second kappa shape index (κ2) is 5.71. The third-order valence-corrected chi connectivity index (χ3v) is 2.75. The first-order valence-electron chi connectivity index (χ1n) is 5.92. The van der Waals surface area contributed by atoms with Gasteiger partial charge in [0, 0.05) is 23.8 Å². The molecule has 17 heavy (non-hydrogen) atoms. The molecular weight excluding hydrogens is 214 g/mol. The molecule has 0 aliphatic carbocycles. The Morgan fingerprint density at radius 1 is 1.18 bits per heavy atom. The summed E-state index contributed by atoms with van der Waals surface area (Å²) < 4.78 is 5.23. The number of anilines is 1. The summed E-state index contributed by atoms with van der Waals surface area (Å²) in [6, 6.07) is 6.50. The van der Waals surface area contributed by atoms with Gasteiger partial charge in [-0.1, -0.05) is 0 Å². The molecule has 3 heteroatoms. The third-order valence-electron chi connectivity index (χ3n) is 2.75. The lowest BCUT2D eigenvalue weighted by Crippen LogP contribution is -2.36. The van der Waals surface area contributed by atoms with E-state index in [1.54, 1.807) is 13.2 Å². The van der Waals surface area contributed by atoms with E-state index < -0.39 is 0 Å². The Labute approximate surface area is 103 Å². The predicted octanol–water partition coefficient (Wildman–Crippen LogP) is 3.13. The molecule has 0 heterocycles. The maximum atomic E-state index is 10.8. The number of nitrogens with zero attached hydrogens (tertiary/aromatic N) is 1. The number of aldehydes is 1. The molecule has 0 aliphatic heterocycles. The van der Waals surface area contributed by atoms with E-state index in [1.807, 2.05) is 12.1 Å². The fourth-order valence-electron chi connectivity index (χ4n) is 2.15. The van der Waals surface area contributed by atoms with Gasteiger partial charge in [-0.25, -0.2) is 0 Å². The highest BCUT2D eigenvalue weighted by molar-refractivity contribution is 5.80. The minimum atomic E-state index is 0.404. The van der Waals surface area contributed by atoms with Crippen molar-refractivity contribution in [3.63, 3.8) is 0 Å². The summed E-state index contributed by atoms with van der Waals surface area (Å²) in [7, 11) is 1.58. The van der Waals surface area contributed by atoms with Crippen LogP contribution in [0.3, 0.4) is 0 Å². The van der Waals surface area contributed by atoms with E-state index in [0.717, 1.165) is 12.0 Å². The Balaban J connectivity index is 3.17. The Morgan fingerprint density at radius 3 is 2.18 bits per heavy atom. The number of benzene rings is 1. The van der Waals surface area contributed by atoms with Crippen molar-refractivity contribution in [2.45, 2.75) is 39.8 Å². The highest BCUT2D eigenvalue weighted by Crippen LogP contribution is 2.27. The van der Waals surface area contributed by atoms with Gasteiger partial charge in [0.2, 0.25) is 0 Å². The van der Waals surface area contributed by atoms with Crippen molar-refractivity contribution in [1.29, 1.82) is 0 Å². The summed E-state index contributed by atoms with van der Waals surface area (Å²) in [4.78, 5) is 13.1. The van der Waals surface area contributed by atoms with Crippen LogP contribution in [-0.4, -0.2) is 25.5 Å². The van der Waals surface area contributed by atoms with E-state index in [-0.39, 0.29) is 0 Å². The molecule has 0 aromatic heterocycles. The molecule has 0 spiro atoms. The van der Waals surface area contributed by atoms with Gasteiger partial charge in [0.25, 0.3) is 0 Å². The summed E-state index contributed by atoms with van der Waals surface area (Å²) >= 11 is 0. The third kappa shape index (κ3) is 2.99. The zero-order valence-corrected chi connectivity index (χ0v) is 11.2. The Kier molecular flexibility index (Phi) is 4.55. The number of hydrogen-bond donors (Lipinski definition) is 0. The second-order valence-electron chi connectivity index (χ2n) is 4.64. The fraction of sp³-hybridized carbons (Fsp3) is 0.500. The molecule has 0 amide bonds. The normalized spacial score (nSPS) is 10.8. The van der Waals surface area contributed by atoms with Crippen LogP contribution in [0.4, 0.5) is 5.69 Å². The SMILES string of the molecule is COc1cc(N(C(C)C)C(C)C)ccc1C=O. The molecule has 1 aromatic carbocycles. The molecular formula is C14H21NO2. The van der Waals surface area contributed by atoms with E-state index in [4.69, 9.17) is 4.74 Å². The van der Waals surface area contributed by atoms with E-state index in [1.165, 1.54) is 0 Å². The van der Waals surface area contributed by atoms with Crippen LogP contribution < -0.4 is 9.64 Å². The molecule has 0 aliphatic rings. The number of hydrogen-bond acceptors (Lipinski definition) is 3. The number of methoxy groups -OCH3 is 1. The summed E-state index contributed by atoms with van der Waals surface area (Å²) in [6.45, 7) is 8.61. The lowest BCUT2D eigenvalue weighted by atomic mass is 10.1. The molecule has 1 aromatic rings. The quantitative estimate of drug-likeness (QED) is 0.734. The number of rotatable bonds is 5. The van der Waals surface area contributed by atoms with Crippen LogP contribution in [-0.2, 0) is 0 Å². The maximum Gasteiger partial charge on any atom is 0.153 e. The average molecular weight is 235 g/mol. The standard InChI is InChI=1S/C14H21NO2/c1-10(2)15(11(3)4)13-7-6-12(9-16)14(8-13)17-5/h6-11H,1-5H3. The zero-order chi connectivity index (χ0) is 13.0. The van der Waals surface area contributed by atoms with Gasteiger partial charge >= 0.3 is 0 Å². The van der Waals surface area contributed by atoms with E-state index in [9.17, 15) is 4.79 Å². The van der Waals surface area contributed by atoms with Crippen LogP contribution in [0.15, 0.2) is 18.2 Å². The topological polar surface area (TPSA) is 29.5 Å². The molecule has 0 radical (unpaired) electrons. The Morgan fingerprint density at radius 2 is 1.76 bits per heavy atom. The lowest BCUT2D eigenvalue weighted by molar-refractivity contribution is 0.112. The summed E-state index contributed by atoms with van der Waals surface area (Å²) in [5.41, 5.74) is 1.67. The zero-order valence-electron chi connectivity index (χ0n) is 11.2. The number of carbonyl (C=O) groups is 1. The smallest absolute Gasteiger partial charge is 0.153 e. The van der Waals surface area contributed by atoms with E-state index in [0.29, 0.717) is 23.4 Å². The molecule has 1 rings (SSSR count). The summed E-state index contributed by atoms with van der Waals surface area (Å²) in [5.74, 6) is 0.629. The largest absolute Gasteiger partial charge is 0.496 e. The minimum Gasteiger partial charge on any atom is -0.496 e. The van der Waals surface area contributed by atoms with E-state index >= 15 is 0 Å². The van der Waals surface area contributed by atoms with Crippen LogP contribution in [0.5, 0.6) is 5.75 Å². The van der Waals surface area contributed by atoms with Crippen LogP contribution in [0, 0.1) is 0 Å². The van der Waals surface area contributed by atoms with Crippen molar-refractivity contribution in [1.82, 2.24) is 0 Å². The molecule has 0 fully saturated rings. The highest BCUT2D eigenvalue weighted by Gasteiger charge is 2.15. The van der Waals surface area contributed by atoms with Crippen molar-refractivity contribution in [2.75, 3.05) is 12.0 Å². The molecule has 0 saturated carbocycles. The van der Waals surface area contributed by atoms with Gasteiger partial charge < -0.3 is 9.64 Å². The fourth-order valence-corrected chi connectivity index (χ4v) is 2.15. The van der Waals surface area contributed by atoms with Crippen molar-refractivity contribution in [3.05, 3.63) is 23.8 Å². The summed E-state index contributed by atoms with van der Waals surface area (Å²) in [6.07, 6.45) is 0.817. The van der Waals surface area contributed by atoms with Gasteiger partial charge in [0.05, 0.1) is 12.7 Å². The van der Waals surface area contributed by atoms with Crippen molar-refractivity contribution >= 4 is 12.0 Å². The van der Waals surface area contributed by atoms with Crippen molar-refractivity contribution in [2.24, 2.45) is 0 Å². The van der Waals surface area contributed by atoms with Crippen LogP contribution in [0.2, 0.25) is 0 Å². The van der Waals surface area contributed by atoms with Crippen LogP contribution in [0.1, 0.15) is 38.1 Å². The van der Waals surface area contributed by atoms with Gasteiger partial charge in [0.15, 0.2) is 6.29 Å². The number of ether oxygens (including phenoxy) is 1. The first-order valence-corrected chi connectivity index (χ1v) is 5.92. The van der Waals surface area contributed by atoms with Gasteiger partial charge in [-0.3, -0.25) is 4.79 Å². The summed E-state index contributed by atoms with van der Waals surface area (Å²) in [5, 5.41) is 0. The Bertz CT molecular complexity index is 378. The van der Waals surface area contributed by atoms with E-state index in [2.05, 4.69) is 32.6 Å². The lowest BCUT2D eigenvalue weighted by Gasteiger charge is -2.33. The van der Waals surface area contributed by atoms with Gasteiger partial charge in [-0.15, -0.1) is 0 Å². The van der Waals surface area contributed by atoms with Gasteiger partial charge in [-0.2, -0.15) is 0 Å². The molecule has 0 saturated heterocycles. The highest BCUT2D eigenvalue weighted by atomic mass is 16.5. The number of carbonyl (C=O) groups excluding carboxylic acids is 1. The second-order valence-corrected chi connectivity index (χ2v) is 4.64. The molecule has 0 unspecified atom stereocenters. The van der Waals surface area contributed by atoms with Crippen LogP contribution in [0.25, 0.3) is 0 Å². The van der Waals surface area contributed by atoms with Crippen molar-refractivity contribution in [3.8, 4) is 5.75 Å².